The maximum atomic E-state index is 12.5. The van der Waals surface area contributed by atoms with Crippen molar-refractivity contribution in [1.82, 2.24) is 0 Å². The van der Waals surface area contributed by atoms with Crippen molar-refractivity contribution in [2.45, 2.75) is 243 Å². The normalized spacial score (nSPS) is 37.5. The molecule has 6 aliphatic heterocycles. The molecule has 0 amide bonds. The molecule has 0 saturated carbocycles. The van der Waals surface area contributed by atoms with Crippen molar-refractivity contribution in [1.29, 1.82) is 0 Å². The molecule has 30 atom stereocenters. The third kappa shape index (κ3) is 23.2. The summed E-state index contributed by atoms with van der Waals surface area (Å²) in [6.45, 7) is 15.2. The van der Waals surface area contributed by atoms with E-state index in [1.165, 1.54) is 0 Å². The quantitative estimate of drug-likeness (QED) is 0.0123. The van der Waals surface area contributed by atoms with Gasteiger partial charge in [0.25, 0.3) is 0 Å². The minimum atomic E-state index is -5.21. The minimum Gasteiger partial charge on any atom is -0.373 e. The van der Waals surface area contributed by atoms with E-state index in [1.54, 1.807) is 60.6 Å². The number of ether oxygens (including phenoxy) is 15. The Labute approximate surface area is 628 Å². The summed E-state index contributed by atoms with van der Waals surface area (Å²) in [4.78, 5) is 9.37. The number of nitrogens with zero attached hydrogens (tertiary/aromatic N) is 9. The first-order chi connectivity index (χ1) is 51.4. The lowest BCUT2D eigenvalue weighted by Crippen LogP contribution is -2.64. The minimum absolute atomic E-state index is 0.0199. The van der Waals surface area contributed by atoms with Crippen LogP contribution in [0.2, 0.25) is 0 Å². The van der Waals surface area contributed by atoms with E-state index in [1.807, 2.05) is 99.6 Å². The second-order valence-corrected chi connectivity index (χ2v) is 31.2. The van der Waals surface area contributed by atoms with Gasteiger partial charge in [-0.25, -0.2) is 12.5 Å². The highest BCUT2D eigenvalue weighted by Crippen LogP contribution is 2.45. The summed E-state index contributed by atoms with van der Waals surface area (Å²) in [6, 6.07) is 24.1. The number of hydrogen-bond donors (Lipinski definition) is 3. The summed E-state index contributed by atoms with van der Waals surface area (Å²) < 4.78 is 218. The Morgan fingerprint density at radius 1 is 0.389 bits per heavy atom. The fourth-order valence-electron chi connectivity index (χ4n) is 14.6. The second kappa shape index (κ2) is 39.6. The van der Waals surface area contributed by atoms with Crippen molar-refractivity contribution < 1.29 is 123 Å². The summed E-state index contributed by atoms with van der Waals surface area (Å²) >= 11 is 0. The van der Waals surface area contributed by atoms with Crippen LogP contribution in [0.15, 0.2) is 106 Å². The topological polar surface area (TPSA) is 476 Å². The molecular formula is C69H97N9O27S3. The number of benzene rings is 3. The molecule has 0 spiro atoms. The largest absolute Gasteiger partial charge is 0.397 e. The Kier molecular flexibility index (Phi) is 31.6. The van der Waals surface area contributed by atoms with Gasteiger partial charge in [0.1, 0.15) is 30.5 Å². The van der Waals surface area contributed by atoms with Crippen LogP contribution >= 0.6 is 0 Å². The van der Waals surface area contributed by atoms with E-state index in [-0.39, 0.29) is 25.7 Å². The first-order valence-corrected chi connectivity index (χ1v) is 39.7. The number of rotatable bonds is 35. The molecule has 6 saturated heterocycles. The Hall–Kier alpha value is -5.84. The van der Waals surface area contributed by atoms with Gasteiger partial charge in [-0.3, -0.25) is 13.7 Å². The predicted octanol–water partition coefficient (Wildman–Crippen LogP) is 9.46. The average molecular weight is 1580 g/mol. The van der Waals surface area contributed by atoms with Gasteiger partial charge < -0.3 is 71.1 Å². The van der Waals surface area contributed by atoms with Crippen molar-refractivity contribution in [3.05, 3.63) is 139 Å². The summed E-state index contributed by atoms with van der Waals surface area (Å²) in [5, 5.41) is 12.3. The van der Waals surface area contributed by atoms with E-state index >= 15 is 0 Å². The molecule has 0 bridgehead atoms. The summed E-state index contributed by atoms with van der Waals surface area (Å²) in [6.07, 6.45) is -17.0. The first kappa shape index (κ1) is 86.1. The SMILES string of the molecule is C#CCCCO[C@@H]1OC(COS(=O)(=O)O)[C@H](O[C@@H]2OC(C)[C@H](O[C@@H]3OC(COS(=O)(=O)O)[C@H](O[C@@H]4OC(C)[C@H](O[C@@H]5OC(COS(=O)(=O)O)[C@H](O[C@@H]6OC(C)[C@H](C)[C@@H](OCc7ccccc7)C6C)[C@H](C)C5N=[N+]=[N-])[C@@H](OCc5ccccc5)C4C)[C@H](C)C3N=[N+]=[N-])[C@@H](OCc3ccccc3)C2C)[C@H](C)C1N=[N+]=[N-]. The van der Waals surface area contributed by atoms with Gasteiger partial charge in [-0.2, -0.15) is 25.3 Å². The predicted molar refractivity (Wildman–Crippen MR) is 378 cm³/mol. The van der Waals surface area contributed by atoms with Gasteiger partial charge in [0, 0.05) is 44.8 Å². The average Bonchev–Trinajstić information content (AvgIpc) is 0.770. The molecule has 6 fully saturated rings. The summed E-state index contributed by atoms with van der Waals surface area (Å²) in [7, 11) is -15.3. The maximum Gasteiger partial charge on any atom is 0.397 e. The molecule has 598 valence electrons. The van der Waals surface area contributed by atoms with Crippen molar-refractivity contribution in [2.24, 2.45) is 56.8 Å². The Morgan fingerprint density at radius 2 is 0.694 bits per heavy atom. The van der Waals surface area contributed by atoms with Crippen molar-refractivity contribution in [3.8, 4) is 12.3 Å². The van der Waals surface area contributed by atoms with Crippen molar-refractivity contribution >= 4 is 31.2 Å². The molecule has 6 heterocycles. The van der Waals surface area contributed by atoms with E-state index < -0.39 is 228 Å². The van der Waals surface area contributed by atoms with Crippen LogP contribution in [0.4, 0.5) is 0 Å². The van der Waals surface area contributed by atoms with Crippen LogP contribution < -0.4 is 0 Å². The molecular weight excluding hydrogens is 1480 g/mol. The molecule has 36 nitrogen and oxygen atoms in total. The van der Waals surface area contributed by atoms with E-state index in [9.17, 15) is 55.5 Å². The van der Waals surface area contributed by atoms with Gasteiger partial charge >= 0.3 is 31.2 Å². The zero-order valence-electron chi connectivity index (χ0n) is 61.3. The highest BCUT2D eigenvalue weighted by molar-refractivity contribution is 7.81. The number of terminal acetylenes is 1. The number of unbranched alkanes of at least 4 members (excludes halogenated alkanes) is 1. The van der Waals surface area contributed by atoms with E-state index in [2.05, 4.69) is 36.0 Å². The third-order valence-electron chi connectivity index (χ3n) is 20.5. The molecule has 3 aromatic carbocycles. The van der Waals surface area contributed by atoms with Crippen LogP contribution in [0.3, 0.4) is 0 Å². The van der Waals surface area contributed by atoms with Crippen molar-refractivity contribution in [3.63, 3.8) is 0 Å². The van der Waals surface area contributed by atoms with Gasteiger partial charge in [0.2, 0.25) is 0 Å². The lowest BCUT2D eigenvalue weighted by Gasteiger charge is -2.52. The van der Waals surface area contributed by atoms with Crippen LogP contribution in [-0.2, 0) is 135 Å². The Morgan fingerprint density at radius 3 is 1.03 bits per heavy atom. The van der Waals surface area contributed by atoms with E-state index in [4.69, 9.17) is 90.0 Å². The zero-order valence-corrected chi connectivity index (χ0v) is 63.8. The van der Waals surface area contributed by atoms with Gasteiger partial charge in [-0.1, -0.05) is 155 Å². The molecule has 3 aromatic rings. The fraction of sp³-hybridized carbons (Fsp3) is 0.710. The molecule has 39 heteroatoms. The molecule has 9 rings (SSSR count). The molecule has 108 heavy (non-hydrogen) atoms. The smallest absolute Gasteiger partial charge is 0.373 e. The molecule has 3 N–H and O–H groups in total. The Bertz CT molecular complexity index is 3890. The van der Waals surface area contributed by atoms with Crippen LogP contribution in [0.1, 0.15) is 98.8 Å². The van der Waals surface area contributed by atoms with Crippen LogP contribution in [0.5, 0.6) is 0 Å². The molecule has 6 aliphatic rings. The van der Waals surface area contributed by atoms with E-state index in [0.717, 1.165) is 16.7 Å². The van der Waals surface area contributed by atoms with Gasteiger partial charge in [-0.05, 0) is 78.2 Å². The van der Waals surface area contributed by atoms with Crippen LogP contribution in [0, 0.1) is 53.8 Å². The number of azide groups is 3. The maximum absolute atomic E-state index is 12.5. The first-order valence-electron chi connectivity index (χ1n) is 35.6. The van der Waals surface area contributed by atoms with E-state index in [0.29, 0.717) is 19.4 Å². The summed E-state index contributed by atoms with van der Waals surface area (Å²) in [5.41, 5.74) is 32.7. The molecule has 0 radical (unpaired) electrons. The highest BCUT2D eigenvalue weighted by Gasteiger charge is 2.57. The molecule has 12 unspecified atom stereocenters. The number of hydrogen-bond acceptors (Lipinski definition) is 27. The standard InChI is InChI=1S/C69H97N9O27S3/c1-12-13-23-30-88-67-53(73-76-70)38(3)57(50(98-67)34-92-106(79,80)81)102-65-42(7)60(90-32-48-26-19-15-20-27-48)62(45(10)96-65)105-69-55(75-78-72)40(5)59(52(100-69)36-94-108(85,86)87)103-66-43(8)61(91-33-49-28-21-16-22-29-49)63(46(11)97-66)104-68-54(74-77-71)39(4)58(51(99-68)35-93-107(82,83)84)101-64-41(6)56(37(2)44(9)95-64)89-31-47-24-17-14-18-25-47/h1,14-22,24-29,37-46,50-69H,13,23,30-36H2,2-11H3,(H,79,80,81)(H,82,83,84)(H,85,86,87)/t37-,38+,39+,40+,41?,42?,43?,44?,45?,46?,50?,51?,52?,53?,54?,55?,56+,57+,58+,59+,60-,61-,62-,63-,64-,65-,66-,67+,68-,69-/m0/s1. The monoisotopic (exact) mass is 1580 g/mol. The van der Waals surface area contributed by atoms with Crippen LogP contribution in [0.25, 0.3) is 31.3 Å². The molecule has 0 aromatic heterocycles. The van der Waals surface area contributed by atoms with Crippen LogP contribution in [-0.4, -0.2) is 207 Å². The van der Waals surface area contributed by atoms with Gasteiger partial charge in [0.05, 0.1) is 119 Å². The zero-order chi connectivity index (χ0) is 78.2. The van der Waals surface area contributed by atoms with Gasteiger partial charge in [-0.15, -0.1) is 12.3 Å². The summed E-state index contributed by atoms with van der Waals surface area (Å²) in [5.74, 6) is -2.46. The lowest BCUT2D eigenvalue weighted by atomic mass is 9.85. The molecule has 0 aliphatic carbocycles. The highest BCUT2D eigenvalue weighted by atomic mass is 32.3. The van der Waals surface area contributed by atoms with Crippen molar-refractivity contribution in [2.75, 3.05) is 26.4 Å². The second-order valence-electron chi connectivity index (χ2n) is 28.0. The van der Waals surface area contributed by atoms with Gasteiger partial charge in [0.15, 0.2) is 37.7 Å². The Balaban J connectivity index is 0.980. The lowest BCUT2D eigenvalue weighted by molar-refractivity contribution is -0.369. The fourth-order valence-corrected chi connectivity index (χ4v) is 15.5. The third-order valence-corrected chi connectivity index (χ3v) is 21.8.